The predicted molar refractivity (Wildman–Crippen MR) is 82.8 cm³/mol. The summed E-state index contributed by atoms with van der Waals surface area (Å²) in [5, 5.41) is 1.30. The van der Waals surface area contributed by atoms with Crippen molar-refractivity contribution in [3.8, 4) is 0 Å². The second-order valence-electron chi connectivity index (χ2n) is 4.90. The molecular formula is C13H20BrNS2. The summed E-state index contributed by atoms with van der Waals surface area (Å²) in [7, 11) is 0. The molecule has 1 fully saturated rings. The van der Waals surface area contributed by atoms with Gasteiger partial charge in [-0.2, -0.15) is 0 Å². The van der Waals surface area contributed by atoms with Crippen LogP contribution in [0.15, 0.2) is 15.9 Å². The number of thiophene rings is 1. The Labute approximate surface area is 121 Å². The van der Waals surface area contributed by atoms with Gasteiger partial charge in [0.05, 0.1) is 9.04 Å². The van der Waals surface area contributed by atoms with Crippen LogP contribution in [0.25, 0.3) is 0 Å². The molecule has 1 heterocycles. The van der Waals surface area contributed by atoms with Crippen LogP contribution in [0.3, 0.4) is 0 Å². The Morgan fingerprint density at radius 3 is 2.94 bits per heavy atom. The Kier molecular flexibility index (Phi) is 5.40. The highest BCUT2D eigenvalue weighted by atomic mass is 79.9. The van der Waals surface area contributed by atoms with Crippen molar-refractivity contribution >= 4 is 39.0 Å². The second-order valence-corrected chi connectivity index (χ2v) is 8.90. The summed E-state index contributed by atoms with van der Waals surface area (Å²) in [5.41, 5.74) is 5.94. The fraction of sp³-hybridized carbons (Fsp3) is 0.692. The van der Waals surface area contributed by atoms with Crippen molar-refractivity contribution < 1.29 is 0 Å². The first-order valence-corrected chi connectivity index (χ1v) is 8.85. The van der Waals surface area contributed by atoms with Crippen molar-refractivity contribution in [3.63, 3.8) is 0 Å². The first-order chi connectivity index (χ1) is 8.19. The third-order valence-corrected chi connectivity index (χ3v) is 6.84. The van der Waals surface area contributed by atoms with Gasteiger partial charge in [0.15, 0.2) is 0 Å². The lowest BCUT2D eigenvalue weighted by molar-refractivity contribution is 0.393. The van der Waals surface area contributed by atoms with Crippen LogP contribution in [0.2, 0.25) is 0 Å². The van der Waals surface area contributed by atoms with Gasteiger partial charge in [0, 0.05) is 16.7 Å². The average molecular weight is 334 g/mol. The van der Waals surface area contributed by atoms with Crippen molar-refractivity contribution in [1.29, 1.82) is 0 Å². The van der Waals surface area contributed by atoms with Crippen molar-refractivity contribution in [2.24, 2.45) is 11.7 Å². The van der Waals surface area contributed by atoms with Gasteiger partial charge in [-0.05, 0) is 46.8 Å². The zero-order valence-electron chi connectivity index (χ0n) is 10.2. The fourth-order valence-corrected chi connectivity index (χ4v) is 5.73. The van der Waals surface area contributed by atoms with Gasteiger partial charge in [-0.15, -0.1) is 23.1 Å². The van der Waals surface area contributed by atoms with E-state index in [0.717, 1.165) is 17.7 Å². The predicted octanol–water partition coefficient (Wildman–Crippen LogP) is 4.82. The molecule has 0 spiro atoms. The largest absolute Gasteiger partial charge is 0.329 e. The highest BCUT2D eigenvalue weighted by molar-refractivity contribution is 9.11. The topological polar surface area (TPSA) is 26.0 Å². The molecule has 1 nitrogen and oxygen atoms in total. The minimum absolute atomic E-state index is 0.488. The van der Waals surface area contributed by atoms with Crippen LogP contribution in [0, 0.1) is 5.92 Å². The first-order valence-electron chi connectivity index (χ1n) is 6.29. The minimum atomic E-state index is 0.488. The zero-order chi connectivity index (χ0) is 12.3. The molecule has 1 aromatic heterocycles. The first kappa shape index (κ1) is 13.9. The Balaban J connectivity index is 1.95. The number of thioether (sulfide) groups is 1. The number of hydrogen-bond acceptors (Lipinski definition) is 3. The van der Waals surface area contributed by atoms with Gasteiger partial charge in [-0.3, -0.25) is 0 Å². The van der Waals surface area contributed by atoms with Crippen molar-refractivity contribution in [2.75, 3.05) is 6.54 Å². The molecule has 2 N–H and O–H groups in total. The summed E-state index contributed by atoms with van der Waals surface area (Å²) in [6.45, 7) is 3.13. The molecule has 0 aliphatic heterocycles. The molecule has 96 valence electrons. The average Bonchev–Trinajstić information content (AvgIpc) is 2.73. The lowest BCUT2D eigenvalue weighted by Gasteiger charge is -2.28. The molecule has 0 aromatic carbocycles. The molecule has 0 amide bonds. The lowest BCUT2D eigenvalue weighted by Crippen LogP contribution is -2.19. The van der Waals surface area contributed by atoms with Gasteiger partial charge in [-0.1, -0.05) is 19.8 Å². The number of rotatable bonds is 4. The van der Waals surface area contributed by atoms with Crippen LogP contribution < -0.4 is 5.73 Å². The Morgan fingerprint density at radius 1 is 1.53 bits per heavy atom. The normalized spacial score (nSPS) is 27.0. The van der Waals surface area contributed by atoms with Crippen LogP contribution in [0.1, 0.15) is 42.7 Å². The molecular weight excluding hydrogens is 314 g/mol. The summed E-state index contributed by atoms with van der Waals surface area (Å²) in [5.74, 6) is 0.898. The SMILES string of the molecule is CC1CCCC(SC(CN)c2ccc(Br)s2)C1. The van der Waals surface area contributed by atoms with E-state index in [1.807, 2.05) is 11.3 Å². The number of nitrogens with two attached hydrogens (primary N) is 1. The van der Waals surface area contributed by atoms with Gasteiger partial charge in [0.2, 0.25) is 0 Å². The molecule has 4 heteroatoms. The molecule has 17 heavy (non-hydrogen) atoms. The molecule has 3 unspecified atom stereocenters. The van der Waals surface area contributed by atoms with E-state index in [0.29, 0.717) is 5.25 Å². The summed E-state index contributed by atoms with van der Waals surface area (Å²) in [6, 6.07) is 4.35. The summed E-state index contributed by atoms with van der Waals surface area (Å²) in [4.78, 5) is 1.42. The maximum Gasteiger partial charge on any atom is 0.0701 e. The molecule has 1 saturated carbocycles. The van der Waals surface area contributed by atoms with Crippen LogP contribution in [-0.4, -0.2) is 11.8 Å². The number of halogens is 1. The zero-order valence-corrected chi connectivity index (χ0v) is 13.4. The quantitative estimate of drug-likeness (QED) is 0.854. The van der Waals surface area contributed by atoms with Crippen LogP contribution in [0.4, 0.5) is 0 Å². The van der Waals surface area contributed by atoms with E-state index in [4.69, 9.17) is 5.73 Å². The maximum absolute atomic E-state index is 5.94. The van der Waals surface area contributed by atoms with Gasteiger partial charge < -0.3 is 5.73 Å². The van der Waals surface area contributed by atoms with Gasteiger partial charge >= 0.3 is 0 Å². The molecule has 0 bridgehead atoms. The summed E-state index contributed by atoms with van der Waals surface area (Å²) >= 11 is 7.46. The van der Waals surface area contributed by atoms with E-state index >= 15 is 0 Å². The van der Waals surface area contributed by atoms with Crippen LogP contribution in [0.5, 0.6) is 0 Å². The highest BCUT2D eigenvalue weighted by Gasteiger charge is 2.23. The summed E-state index contributed by atoms with van der Waals surface area (Å²) < 4.78 is 1.21. The van der Waals surface area contributed by atoms with E-state index in [1.54, 1.807) is 0 Å². The van der Waals surface area contributed by atoms with E-state index < -0.39 is 0 Å². The van der Waals surface area contributed by atoms with E-state index in [1.165, 1.54) is 34.3 Å². The smallest absolute Gasteiger partial charge is 0.0701 e. The van der Waals surface area contributed by atoms with Gasteiger partial charge in [-0.25, -0.2) is 0 Å². The molecule has 1 aliphatic carbocycles. The molecule has 3 atom stereocenters. The Bertz CT molecular complexity index is 353. The second kappa shape index (κ2) is 6.60. The molecule has 2 rings (SSSR count). The fourth-order valence-electron chi connectivity index (χ4n) is 2.47. The van der Waals surface area contributed by atoms with Crippen molar-refractivity contribution in [3.05, 3.63) is 20.8 Å². The van der Waals surface area contributed by atoms with Crippen LogP contribution >= 0.6 is 39.0 Å². The lowest BCUT2D eigenvalue weighted by atomic mass is 9.91. The van der Waals surface area contributed by atoms with Crippen molar-refractivity contribution in [2.45, 2.75) is 43.1 Å². The Morgan fingerprint density at radius 2 is 2.35 bits per heavy atom. The molecule has 1 aromatic rings. The summed E-state index contributed by atoms with van der Waals surface area (Å²) in [6.07, 6.45) is 5.55. The third kappa shape index (κ3) is 3.98. The van der Waals surface area contributed by atoms with Gasteiger partial charge in [0.1, 0.15) is 0 Å². The third-order valence-electron chi connectivity index (χ3n) is 3.37. The standard InChI is InChI=1S/C13H20BrNS2/c1-9-3-2-4-10(7-9)16-12(8-15)11-5-6-13(14)17-11/h5-6,9-10,12H,2-4,7-8,15H2,1H3. The molecule has 1 aliphatic rings. The van der Waals surface area contributed by atoms with E-state index in [-0.39, 0.29) is 0 Å². The van der Waals surface area contributed by atoms with Gasteiger partial charge in [0.25, 0.3) is 0 Å². The van der Waals surface area contributed by atoms with Crippen molar-refractivity contribution in [1.82, 2.24) is 0 Å². The van der Waals surface area contributed by atoms with E-state index in [9.17, 15) is 0 Å². The highest BCUT2D eigenvalue weighted by Crippen LogP contribution is 2.42. The maximum atomic E-state index is 5.94. The number of hydrogen-bond donors (Lipinski definition) is 1. The monoisotopic (exact) mass is 333 g/mol. The Hall–Kier alpha value is 0.490. The minimum Gasteiger partial charge on any atom is -0.329 e. The molecule has 0 saturated heterocycles. The van der Waals surface area contributed by atoms with Crippen LogP contribution in [-0.2, 0) is 0 Å². The van der Waals surface area contributed by atoms with E-state index in [2.05, 4.69) is 46.7 Å². The molecule has 0 radical (unpaired) electrons.